The fraction of sp³-hybridized carbons (Fsp3) is 0.632. The van der Waals surface area contributed by atoms with Gasteiger partial charge in [0.15, 0.2) is 0 Å². The van der Waals surface area contributed by atoms with E-state index < -0.39 is 0 Å². The van der Waals surface area contributed by atoms with Gasteiger partial charge in [-0.05, 0) is 30.2 Å². The number of piperidine rings is 1. The monoisotopic (exact) mass is 334 g/mol. The number of amides is 1. The van der Waals surface area contributed by atoms with Gasteiger partial charge >= 0.3 is 6.09 Å². The van der Waals surface area contributed by atoms with E-state index in [4.69, 9.17) is 4.74 Å². The Labute approximate surface area is 145 Å². The largest absolute Gasteiger partial charge is 0.445 e. The van der Waals surface area contributed by atoms with Crippen LogP contribution in [0.3, 0.4) is 0 Å². The molecule has 2 unspecified atom stereocenters. The van der Waals surface area contributed by atoms with Crippen molar-refractivity contribution in [2.24, 2.45) is 11.8 Å². The maximum Gasteiger partial charge on any atom is 0.407 e. The van der Waals surface area contributed by atoms with Crippen molar-refractivity contribution in [1.29, 1.82) is 0 Å². The number of carbonyl (C=O) groups excluding carboxylic acids is 1. The summed E-state index contributed by atoms with van der Waals surface area (Å²) >= 11 is 0. The zero-order valence-electron chi connectivity index (χ0n) is 14.8. The minimum absolute atomic E-state index is 0.0809. The zero-order chi connectivity index (χ0) is 17.4. The van der Waals surface area contributed by atoms with E-state index in [1.165, 1.54) is 0 Å². The summed E-state index contributed by atoms with van der Waals surface area (Å²) in [5, 5.41) is 12.2. The van der Waals surface area contributed by atoms with Gasteiger partial charge in [-0.1, -0.05) is 44.2 Å². The van der Waals surface area contributed by atoms with Crippen molar-refractivity contribution in [1.82, 2.24) is 10.2 Å². The van der Waals surface area contributed by atoms with E-state index in [1.807, 2.05) is 30.3 Å². The zero-order valence-corrected chi connectivity index (χ0v) is 14.8. The topological polar surface area (TPSA) is 61.8 Å². The molecule has 1 saturated heterocycles. The Hall–Kier alpha value is -1.59. The Morgan fingerprint density at radius 3 is 2.75 bits per heavy atom. The molecule has 2 rings (SSSR count). The van der Waals surface area contributed by atoms with Crippen LogP contribution in [0, 0.1) is 11.8 Å². The molecule has 0 aliphatic carbocycles. The Morgan fingerprint density at radius 2 is 2.08 bits per heavy atom. The van der Waals surface area contributed by atoms with Crippen LogP contribution in [0.15, 0.2) is 30.3 Å². The number of nitrogens with zero attached hydrogens (tertiary/aromatic N) is 1. The molecule has 5 nitrogen and oxygen atoms in total. The van der Waals surface area contributed by atoms with E-state index in [1.54, 1.807) is 0 Å². The van der Waals surface area contributed by atoms with E-state index in [0.29, 0.717) is 11.8 Å². The van der Waals surface area contributed by atoms with Crippen molar-refractivity contribution >= 4 is 6.09 Å². The summed E-state index contributed by atoms with van der Waals surface area (Å²) in [6.07, 6.45) is 1.32. The quantitative estimate of drug-likeness (QED) is 0.805. The van der Waals surface area contributed by atoms with Crippen LogP contribution in [0.4, 0.5) is 4.79 Å². The third-order valence-corrected chi connectivity index (χ3v) is 4.31. The van der Waals surface area contributed by atoms with Gasteiger partial charge < -0.3 is 20.1 Å². The van der Waals surface area contributed by atoms with Gasteiger partial charge in [0, 0.05) is 32.3 Å². The highest BCUT2D eigenvalue weighted by molar-refractivity contribution is 5.67. The number of benzene rings is 1. The third kappa shape index (κ3) is 6.49. The summed E-state index contributed by atoms with van der Waals surface area (Å²) in [4.78, 5) is 14.5. The molecule has 1 aromatic carbocycles. The lowest BCUT2D eigenvalue weighted by Gasteiger charge is -2.38. The van der Waals surface area contributed by atoms with Crippen LogP contribution < -0.4 is 5.32 Å². The minimum atomic E-state index is -0.363. The summed E-state index contributed by atoms with van der Waals surface area (Å²) in [5.41, 5.74) is 0.982. The molecule has 0 bridgehead atoms. The molecule has 134 valence electrons. The van der Waals surface area contributed by atoms with Gasteiger partial charge in [-0.3, -0.25) is 0 Å². The predicted octanol–water partition coefficient (Wildman–Crippen LogP) is 2.64. The second kappa shape index (κ2) is 9.64. The van der Waals surface area contributed by atoms with Crippen molar-refractivity contribution in [3.05, 3.63) is 35.9 Å². The lowest BCUT2D eigenvalue weighted by atomic mass is 9.91. The second-order valence-corrected chi connectivity index (χ2v) is 7.13. The highest BCUT2D eigenvalue weighted by Crippen LogP contribution is 2.21. The van der Waals surface area contributed by atoms with E-state index >= 15 is 0 Å². The summed E-state index contributed by atoms with van der Waals surface area (Å²) in [7, 11) is 0. The summed E-state index contributed by atoms with van der Waals surface area (Å²) in [6, 6.07) is 9.76. The fourth-order valence-electron chi connectivity index (χ4n) is 3.40. The molecule has 1 fully saturated rings. The maximum atomic E-state index is 12.1. The first-order valence-corrected chi connectivity index (χ1v) is 8.87. The Bertz CT molecular complexity index is 493. The molecule has 1 amide bonds. The number of hydrogen-bond donors (Lipinski definition) is 2. The summed E-state index contributed by atoms with van der Waals surface area (Å²) in [6.45, 7) is 7.74. The van der Waals surface area contributed by atoms with Gasteiger partial charge in [0.2, 0.25) is 0 Å². The van der Waals surface area contributed by atoms with Crippen molar-refractivity contribution in [2.75, 3.05) is 26.2 Å². The molecule has 0 spiro atoms. The average molecular weight is 334 g/mol. The molecule has 5 heteroatoms. The number of aliphatic hydroxyl groups excluding tert-OH is 1. The van der Waals surface area contributed by atoms with Gasteiger partial charge in [0.25, 0.3) is 0 Å². The van der Waals surface area contributed by atoms with Crippen LogP contribution in [0.25, 0.3) is 0 Å². The first-order chi connectivity index (χ1) is 11.6. The molecule has 2 N–H and O–H groups in total. The predicted molar refractivity (Wildman–Crippen MR) is 94.6 cm³/mol. The second-order valence-electron chi connectivity index (χ2n) is 7.13. The Balaban J connectivity index is 1.83. The minimum Gasteiger partial charge on any atom is -0.445 e. The molecule has 0 saturated carbocycles. The molecule has 2 atom stereocenters. The third-order valence-electron chi connectivity index (χ3n) is 4.31. The van der Waals surface area contributed by atoms with E-state index in [-0.39, 0.29) is 25.3 Å². The fourth-order valence-corrected chi connectivity index (χ4v) is 3.40. The van der Waals surface area contributed by atoms with Crippen LogP contribution in [-0.4, -0.2) is 48.4 Å². The Morgan fingerprint density at radius 1 is 1.33 bits per heavy atom. The number of alkyl carbamates (subject to hydrolysis) is 1. The van der Waals surface area contributed by atoms with Crippen LogP contribution in [0.2, 0.25) is 0 Å². The lowest BCUT2D eigenvalue weighted by Crippen LogP contribution is -2.51. The molecule has 1 aromatic rings. The number of ether oxygens (including phenoxy) is 1. The van der Waals surface area contributed by atoms with E-state index in [9.17, 15) is 9.90 Å². The number of nitrogens with one attached hydrogen (secondary N) is 1. The average Bonchev–Trinajstić information content (AvgIpc) is 2.53. The molecular weight excluding hydrogens is 304 g/mol. The van der Waals surface area contributed by atoms with Crippen molar-refractivity contribution in [2.45, 2.75) is 39.3 Å². The van der Waals surface area contributed by atoms with Gasteiger partial charge in [-0.2, -0.15) is 0 Å². The molecule has 0 aromatic heterocycles. The summed E-state index contributed by atoms with van der Waals surface area (Å²) < 4.78 is 5.32. The first-order valence-electron chi connectivity index (χ1n) is 8.87. The molecule has 1 heterocycles. The normalized spacial score (nSPS) is 21.7. The highest BCUT2D eigenvalue weighted by Gasteiger charge is 2.28. The van der Waals surface area contributed by atoms with Crippen molar-refractivity contribution in [3.8, 4) is 0 Å². The smallest absolute Gasteiger partial charge is 0.407 e. The molecule has 24 heavy (non-hydrogen) atoms. The Kier molecular flexibility index (Phi) is 7.53. The molecule has 1 aliphatic heterocycles. The van der Waals surface area contributed by atoms with Gasteiger partial charge in [-0.25, -0.2) is 4.79 Å². The first kappa shape index (κ1) is 18.7. The number of rotatable bonds is 7. The van der Waals surface area contributed by atoms with Gasteiger partial charge in [0.05, 0.1) is 0 Å². The van der Waals surface area contributed by atoms with Crippen molar-refractivity contribution < 1.29 is 14.6 Å². The standard InChI is InChI=1S/C19H30N2O3/c1-15(2)11-21-12-17(8-9-22)10-18(13-21)20-19(23)24-14-16-6-4-3-5-7-16/h3-7,15,17-18,22H,8-14H2,1-2H3,(H,20,23). The molecule has 1 aliphatic rings. The van der Waals surface area contributed by atoms with Gasteiger partial charge in [0.1, 0.15) is 6.61 Å². The molecular formula is C19H30N2O3. The number of likely N-dealkylation sites (tertiary alicyclic amines) is 1. The number of hydrogen-bond acceptors (Lipinski definition) is 4. The van der Waals surface area contributed by atoms with Crippen LogP contribution >= 0.6 is 0 Å². The SMILES string of the molecule is CC(C)CN1CC(CCO)CC(NC(=O)OCc2ccccc2)C1. The van der Waals surface area contributed by atoms with Gasteiger partial charge in [-0.15, -0.1) is 0 Å². The number of carbonyl (C=O) groups is 1. The van der Waals surface area contributed by atoms with E-state index in [0.717, 1.165) is 38.0 Å². The highest BCUT2D eigenvalue weighted by atomic mass is 16.5. The maximum absolute atomic E-state index is 12.1. The summed E-state index contributed by atoms with van der Waals surface area (Å²) in [5.74, 6) is 1.01. The van der Waals surface area contributed by atoms with E-state index in [2.05, 4.69) is 24.1 Å². The van der Waals surface area contributed by atoms with Crippen LogP contribution in [-0.2, 0) is 11.3 Å². The van der Waals surface area contributed by atoms with Crippen molar-refractivity contribution in [3.63, 3.8) is 0 Å². The number of aliphatic hydroxyl groups is 1. The molecule has 0 radical (unpaired) electrons. The van der Waals surface area contributed by atoms with Crippen LogP contribution in [0.5, 0.6) is 0 Å². The van der Waals surface area contributed by atoms with Crippen LogP contribution in [0.1, 0.15) is 32.3 Å². The lowest BCUT2D eigenvalue weighted by molar-refractivity contribution is 0.0962.